The van der Waals surface area contributed by atoms with E-state index < -0.39 is 0 Å². The van der Waals surface area contributed by atoms with E-state index in [0.717, 1.165) is 12.8 Å². The Morgan fingerprint density at radius 2 is 2.05 bits per heavy atom. The summed E-state index contributed by atoms with van der Waals surface area (Å²) in [6.45, 7) is 6.62. The first-order chi connectivity index (χ1) is 9.93. The molecule has 4 nitrogen and oxygen atoms in total. The molecule has 0 saturated heterocycles. The summed E-state index contributed by atoms with van der Waals surface area (Å²) in [5.74, 6) is 1.12. The maximum atomic E-state index is 11.9. The quantitative estimate of drug-likeness (QED) is 0.415. The molecule has 1 aliphatic carbocycles. The van der Waals surface area contributed by atoms with Gasteiger partial charge in [-0.2, -0.15) is 0 Å². The van der Waals surface area contributed by atoms with Gasteiger partial charge >= 0.3 is 133 Å². The van der Waals surface area contributed by atoms with Crippen molar-refractivity contribution in [2.45, 2.75) is 51.5 Å². The van der Waals surface area contributed by atoms with Crippen LogP contribution in [-0.2, 0) is 19.1 Å². The van der Waals surface area contributed by atoms with Crippen LogP contribution in [0.2, 0.25) is 5.32 Å². The molecule has 1 aliphatic rings. The average molecular weight is 361 g/mol. The van der Waals surface area contributed by atoms with Crippen LogP contribution in [0.4, 0.5) is 0 Å². The minimum absolute atomic E-state index is 0.0567. The topological polar surface area (TPSA) is 52.6 Å². The maximum absolute atomic E-state index is 11.9. The molecule has 0 amide bonds. The van der Waals surface area contributed by atoms with Gasteiger partial charge < -0.3 is 0 Å². The molecule has 1 rings (SSSR count). The first-order valence-electron chi connectivity index (χ1n) is 7.49. The van der Waals surface area contributed by atoms with Gasteiger partial charge in [0.05, 0.1) is 0 Å². The van der Waals surface area contributed by atoms with Gasteiger partial charge in [0.2, 0.25) is 0 Å². The molecule has 0 aliphatic heterocycles. The number of methoxy groups -OCH3 is 1. The number of esters is 2. The fourth-order valence-corrected chi connectivity index (χ4v) is 3.81. The van der Waals surface area contributed by atoms with Crippen molar-refractivity contribution >= 4 is 26.9 Å². The Labute approximate surface area is 133 Å². The standard InChI is InChI=1S/C16H26O4Se/c1-11(2)13-6-5-12(3)9-14(13)20-16(18)10-21-8-7-15(17)19-4/h7-8,11-14H,5-6,9-10H2,1-4H3/b8-7+/t12-,13+,14-/m1/s1. The third-order valence-corrected chi connectivity index (χ3v) is 5.48. The van der Waals surface area contributed by atoms with E-state index in [1.807, 2.05) is 0 Å². The summed E-state index contributed by atoms with van der Waals surface area (Å²) in [5.41, 5.74) is 0. The second-order valence-electron chi connectivity index (χ2n) is 5.99. The Bertz CT molecular complexity index is 378. The van der Waals surface area contributed by atoms with Crippen molar-refractivity contribution in [3.8, 4) is 0 Å². The van der Waals surface area contributed by atoms with E-state index in [4.69, 9.17) is 4.74 Å². The van der Waals surface area contributed by atoms with Gasteiger partial charge in [-0.15, -0.1) is 0 Å². The van der Waals surface area contributed by atoms with Crippen LogP contribution < -0.4 is 0 Å². The predicted octanol–water partition coefficient (Wildman–Crippen LogP) is 2.80. The number of carbonyl (C=O) groups excluding carboxylic acids is 2. The molecule has 3 atom stereocenters. The Hall–Kier alpha value is -0.801. The Balaban J connectivity index is 2.40. The third-order valence-electron chi connectivity index (χ3n) is 3.95. The summed E-state index contributed by atoms with van der Waals surface area (Å²) in [6.07, 6.45) is 4.76. The first kappa shape index (κ1) is 18.2. The van der Waals surface area contributed by atoms with Gasteiger partial charge in [0, 0.05) is 0 Å². The van der Waals surface area contributed by atoms with Crippen LogP contribution in [0.1, 0.15) is 40.0 Å². The summed E-state index contributed by atoms with van der Waals surface area (Å²) < 4.78 is 10.2. The summed E-state index contributed by atoms with van der Waals surface area (Å²) in [5, 5.41) is 0.371. The molecule has 1 fully saturated rings. The molecular weight excluding hydrogens is 335 g/mol. The zero-order chi connectivity index (χ0) is 15.8. The van der Waals surface area contributed by atoms with Gasteiger partial charge in [-0.1, -0.05) is 0 Å². The SMILES string of the molecule is COC(=O)/C=C/[Se]CC(=O)O[C@@H]1C[C@H](C)CC[C@H]1C(C)C. The molecular formula is C16H26O4Se. The molecule has 0 heterocycles. The van der Waals surface area contributed by atoms with Gasteiger partial charge in [-0.3, -0.25) is 0 Å². The molecule has 0 N–H and O–H groups in total. The van der Waals surface area contributed by atoms with Gasteiger partial charge in [0.15, 0.2) is 0 Å². The van der Waals surface area contributed by atoms with Crippen LogP contribution in [-0.4, -0.2) is 40.1 Å². The van der Waals surface area contributed by atoms with E-state index in [9.17, 15) is 9.59 Å². The van der Waals surface area contributed by atoms with Gasteiger partial charge in [-0.25, -0.2) is 0 Å². The summed E-state index contributed by atoms with van der Waals surface area (Å²) in [6, 6.07) is 0. The van der Waals surface area contributed by atoms with E-state index in [1.165, 1.54) is 19.6 Å². The van der Waals surface area contributed by atoms with Crippen molar-refractivity contribution in [1.82, 2.24) is 0 Å². The van der Waals surface area contributed by atoms with Crippen molar-refractivity contribution in [2.75, 3.05) is 7.11 Å². The Morgan fingerprint density at radius 3 is 2.67 bits per heavy atom. The van der Waals surface area contributed by atoms with Crippen molar-refractivity contribution in [1.29, 1.82) is 0 Å². The second kappa shape index (κ2) is 9.26. The van der Waals surface area contributed by atoms with Crippen molar-refractivity contribution in [3.63, 3.8) is 0 Å². The molecule has 1 saturated carbocycles. The zero-order valence-corrected chi connectivity index (χ0v) is 15.0. The predicted molar refractivity (Wildman–Crippen MR) is 82.9 cm³/mol. The monoisotopic (exact) mass is 362 g/mol. The minimum atomic E-state index is -0.383. The van der Waals surface area contributed by atoms with Crippen LogP contribution in [0, 0.1) is 17.8 Å². The first-order valence-corrected chi connectivity index (χ1v) is 9.69. The third kappa shape index (κ3) is 6.66. The van der Waals surface area contributed by atoms with Crippen molar-refractivity contribution < 1.29 is 19.1 Å². The number of rotatable bonds is 6. The molecule has 5 heteroatoms. The van der Waals surface area contributed by atoms with Crippen LogP contribution in [0.25, 0.3) is 0 Å². The molecule has 120 valence electrons. The molecule has 0 aromatic rings. The number of hydrogen-bond acceptors (Lipinski definition) is 4. The van der Waals surface area contributed by atoms with Crippen LogP contribution in [0.3, 0.4) is 0 Å². The van der Waals surface area contributed by atoms with Gasteiger partial charge in [0.1, 0.15) is 0 Å². The molecule has 0 unspecified atom stereocenters. The fourth-order valence-electron chi connectivity index (χ4n) is 2.74. The van der Waals surface area contributed by atoms with E-state index in [0.29, 0.717) is 23.1 Å². The van der Waals surface area contributed by atoms with Crippen LogP contribution in [0.15, 0.2) is 11.1 Å². The number of hydrogen-bond donors (Lipinski definition) is 0. The normalized spacial score (nSPS) is 26.0. The van der Waals surface area contributed by atoms with Gasteiger partial charge in [0.25, 0.3) is 0 Å². The summed E-state index contributed by atoms with van der Waals surface area (Å²) in [7, 11) is 1.34. The molecule has 0 aromatic heterocycles. The van der Waals surface area contributed by atoms with Crippen LogP contribution in [0.5, 0.6) is 0 Å². The average Bonchev–Trinajstić information content (AvgIpc) is 2.43. The Morgan fingerprint density at radius 1 is 1.33 bits per heavy atom. The second-order valence-corrected chi connectivity index (χ2v) is 7.87. The molecule has 0 aromatic carbocycles. The van der Waals surface area contributed by atoms with Gasteiger partial charge in [-0.05, 0) is 0 Å². The number of carbonyl (C=O) groups is 2. The Kier molecular flexibility index (Phi) is 8.05. The zero-order valence-electron chi connectivity index (χ0n) is 13.3. The van der Waals surface area contributed by atoms with Crippen molar-refractivity contribution in [3.05, 3.63) is 11.1 Å². The summed E-state index contributed by atoms with van der Waals surface area (Å²) >= 11 is -0.0567. The van der Waals surface area contributed by atoms with Crippen LogP contribution >= 0.6 is 0 Å². The van der Waals surface area contributed by atoms with E-state index in [-0.39, 0.29) is 33.0 Å². The molecule has 0 radical (unpaired) electrons. The van der Waals surface area contributed by atoms with E-state index in [1.54, 1.807) is 4.97 Å². The molecule has 0 bridgehead atoms. The van der Waals surface area contributed by atoms with E-state index >= 15 is 0 Å². The fraction of sp³-hybridized carbons (Fsp3) is 0.750. The summed E-state index contributed by atoms with van der Waals surface area (Å²) in [4.78, 5) is 24.6. The van der Waals surface area contributed by atoms with E-state index in [2.05, 4.69) is 25.5 Å². The van der Waals surface area contributed by atoms with Crippen molar-refractivity contribution in [2.24, 2.45) is 17.8 Å². The molecule has 21 heavy (non-hydrogen) atoms. The number of ether oxygens (including phenoxy) is 2. The molecule has 0 spiro atoms.